The van der Waals surface area contributed by atoms with Crippen molar-refractivity contribution in [2.45, 2.75) is 6.92 Å². The van der Waals surface area contributed by atoms with E-state index in [1.807, 2.05) is 25.1 Å². The van der Waals surface area contributed by atoms with Crippen LogP contribution in [0.1, 0.15) is 28.4 Å². The molecule has 0 saturated carbocycles. The number of hydrogen-bond donors (Lipinski definition) is 1. The third kappa shape index (κ3) is 3.52. The summed E-state index contributed by atoms with van der Waals surface area (Å²) in [5.74, 6) is 0.728. The largest absolute Gasteiger partial charge is 0.493 e. The highest BCUT2D eigenvalue weighted by Gasteiger charge is 2.16. The van der Waals surface area contributed by atoms with Gasteiger partial charge in [-0.1, -0.05) is 12.2 Å². The molecule has 1 amide bonds. The SMILES string of the molecule is C/C=C\c1cc(C(=O)Nc2sccc2C#N)cc(OC)c1OC. The maximum atomic E-state index is 12.5. The van der Waals surface area contributed by atoms with E-state index in [4.69, 9.17) is 14.7 Å². The Hall–Kier alpha value is -2.78. The Balaban J connectivity index is 2.41. The van der Waals surface area contributed by atoms with Crippen LogP contribution in [0.5, 0.6) is 11.5 Å². The third-order valence-electron chi connectivity index (χ3n) is 3.13. The molecule has 0 unspecified atom stereocenters. The molecule has 0 bridgehead atoms. The minimum Gasteiger partial charge on any atom is -0.493 e. The molecule has 1 N–H and O–H groups in total. The lowest BCUT2D eigenvalue weighted by atomic mass is 10.1. The zero-order valence-electron chi connectivity index (χ0n) is 13.0. The molecule has 118 valence electrons. The quantitative estimate of drug-likeness (QED) is 0.903. The van der Waals surface area contributed by atoms with Gasteiger partial charge >= 0.3 is 0 Å². The lowest BCUT2D eigenvalue weighted by Crippen LogP contribution is -2.12. The summed E-state index contributed by atoms with van der Waals surface area (Å²) in [4.78, 5) is 12.5. The Kier molecular flexibility index (Phi) is 5.39. The second-order valence-corrected chi connectivity index (χ2v) is 5.45. The lowest BCUT2D eigenvalue weighted by molar-refractivity contribution is 0.102. The van der Waals surface area contributed by atoms with E-state index >= 15 is 0 Å². The number of rotatable bonds is 5. The van der Waals surface area contributed by atoms with E-state index in [9.17, 15) is 4.79 Å². The predicted octanol–water partition coefficient (Wildman–Crippen LogP) is 3.92. The molecule has 2 aromatic rings. The fourth-order valence-corrected chi connectivity index (χ4v) is 2.83. The molecule has 0 aliphatic carbocycles. The molecular formula is C17H16N2O3S. The van der Waals surface area contributed by atoms with Crippen LogP contribution in [0.3, 0.4) is 0 Å². The van der Waals surface area contributed by atoms with E-state index in [0.29, 0.717) is 27.6 Å². The number of benzene rings is 1. The van der Waals surface area contributed by atoms with Gasteiger partial charge < -0.3 is 14.8 Å². The van der Waals surface area contributed by atoms with Gasteiger partial charge in [0.25, 0.3) is 5.91 Å². The van der Waals surface area contributed by atoms with Gasteiger partial charge in [0.15, 0.2) is 11.5 Å². The van der Waals surface area contributed by atoms with Crippen molar-refractivity contribution < 1.29 is 14.3 Å². The van der Waals surface area contributed by atoms with E-state index in [1.54, 1.807) is 30.7 Å². The van der Waals surface area contributed by atoms with Crippen LogP contribution in [0, 0.1) is 11.3 Å². The Labute approximate surface area is 138 Å². The number of carbonyl (C=O) groups excluding carboxylic acids is 1. The van der Waals surface area contributed by atoms with Crippen LogP contribution in [-0.2, 0) is 0 Å². The number of amides is 1. The van der Waals surface area contributed by atoms with Gasteiger partial charge in [0.1, 0.15) is 11.1 Å². The molecule has 0 aliphatic rings. The van der Waals surface area contributed by atoms with Crippen molar-refractivity contribution >= 4 is 28.3 Å². The first-order valence-electron chi connectivity index (χ1n) is 6.82. The molecule has 0 saturated heterocycles. The number of nitrogens with zero attached hydrogens (tertiary/aromatic N) is 1. The first-order valence-corrected chi connectivity index (χ1v) is 7.70. The van der Waals surface area contributed by atoms with Crippen LogP contribution in [0.2, 0.25) is 0 Å². The highest BCUT2D eigenvalue weighted by atomic mass is 32.1. The van der Waals surface area contributed by atoms with Gasteiger partial charge in [-0.25, -0.2) is 0 Å². The van der Waals surface area contributed by atoms with E-state index in [0.717, 1.165) is 5.56 Å². The average molecular weight is 328 g/mol. The number of nitrogens with one attached hydrogen (secondary N) is 1. The van der Waals surface area contributed by atoms with Crippen molar-refractivity contribution in [2.75, 3.05) is 19.5 Å². The number of ether oxygens (including phenoxy) is 2. The molecule has 1 aromatic carbocycles. The van der Waals surface area contributed by atoms with Gasteiger partial charge in [0.2, 0.25) is 0 Å². The summed E-state index contributed by atoms with van der Waals surface area (Å²) in [7, 11) is 3.07. The van der Waals surface area contributed by atoms with Crippen LogP contribution < -0.4 is 14.8 Å². The highest BCUT2D eigenvalue weighted by molar-refractivity contribution is 7.14. The first-order chi connectivity index (χ1) is 11.1. The summed E-state index contributed by atoms with van der Waals surface area (Å²) in [5.41, 5.74) is 1.61. The minimum atomic E-state index is -0.310. The minimum absolute atomic E-state index is 0.310. The topological polar surface area (TPSA) is 71.4 Å². The Morgan fingerprint density at radius 2 is 2.13 bits per heavy atom. The Morgan fingerprint density at radius 1 is 1.35 bits per heavy atom. The summed E-state index contributed by atoms with van der Waals surface area (Å²) in [6, 6.07) is 7.04. The molecular weight excluding hydrogens is 312 g/mol. The predicted molar refractivity (Wildman–Crippen MR) is 91.2 cm³/mol. The van der Waals surface area contributed by atoms with Crippen molar-refractivity contribution in [3.05, 3.63) is 46.3 Å². The maximum absolute atomic E-state index is 12.5. The molecule has 6 heteroatoms. The summed E-state index contributed by atoms with van der Waals surface area (Å²) < 4.78 is 10.7. The molecule has 1 aromatic heterocycles. The van der Waals surface area contributed by atoms with Crippen molar-refractivity contribution in [1.29, 1.82) is 5.26 Å². The zero-order valence-corrected chi connectivity index (χ0v) is 13.9. The summed E-state index contributed by atoms with van der Waals surface area (Å²) >= 11 is 1.30. The smallest absolute Gasteiger partial charge is 0.256 e. The third-order valence-corrected chi connectivity index (χ3v) is 3.96. The number of anilines is 1. The summed E-state index contributed by atoms with van der Waals surface area (Å²) in [5, 5.41) is 14.1. The van der Waals surface area contributed by atoms with Crippen LogP contribution in [0.25, 0.3) is 6.08 Å². The van der Waals surface area contributed by atoms with Gasteiger partial charge in [0, 0.05) is 11.1 Å². The second-order valence-electron chi connectivity index (χ2n) is 4.53. The number of carbonyl (C=O) groups is 1. The van der Waals surface area contributed by atoms with Crippen LogP contribution in [0.4, 0.5) is 5.00 Å². The fraction of sp³-hybridized carbons (Fsp3) is 0.176. The molecule has 1 heterocycles. The van der Waals surface area contributed by atoms with Crippen molar-refractivity contribution in [3.63, 3.8) is 0 Å². The van der Waals surface area contributed by atoms with Gasteiger partial charge in [-0.15, -0.1) is 11.3 Å². The summed E-state index contributed by atoms with van der Waals surface area (Å²) in [6.07, 6.45) is 3.69. The van der Waals surface area contributed by atoms with Gasteiger partial charge in [-0.3, -0.25) is 4.79 Å². The highest BCUT2D eigenvalue weighted by Crippen LogP contribution is 2.34. The lowest BCUT2D eigenvalue weighted by Gasteiger charge is -2.13. The van der Waals surface area contributed by atoms with Crippen molar-refractivity contribution in [3.8, 4) is 17.6 Å². The molecule has 0 radical (unpaired) electrons. The van der Waals surface area contributed by atoms with Crippen LogP contribution >= 0.6 is 11.3 Å². The summed E-state index contributed by atoms with van der Waals surface area (Å²) in [6.45, 7) is 1.88. The van der Waals surface area contributed by atoms with Crippen molar-refractivity contribution in [2.24, 2.45) is 0 Å². The molecule has 2 rings (SSSR count). The number of thiophene rings is 1. The Morgan fingerprint density at radius 3 is 2.74 bits per heavy atom. The van der Waals surface area contributed by atoms with Crippen molar-refractivity contribution in [1.82, 2.24) is 0 Å². The van der Waals surface area contributed by atoms with E-state index in [-0.39, 0.29) is 5.91 Å². The van der Waals surface area contributed by atoms with Crippen LogP contribution in [0.15, 0.2) is 29.7 Å². The Bertz CT molecular complexity index is 788. The number of nitriles is 1. The average Bonchev–Trinajstić information content (AvgIpc) is 3.01. The molecule has 0 fully saturated rings. The molecule has 5 nitrogen and oxygen atoms in total. The standard InChI is InChI=1S/C17H16N2O3S/c1-4-5-11-8-13(9-14(21-2)15(11)22-3)16(20)19-17-12(10-18)6-7-23-17/h4-9H,1-3H3,(H,19,20)/b5-4-. The van der Waals surface area contributed by atoms with E-state index in [1.165, 1.54) is 18.4 Å². The van der Waals surface area contributed by atoms with E-state index < -0.39 is 0 Å². The number of methoxy groups -OCH3 is 2. The monoisotopic (exact) mass is 328 g/mol. The van der Waals surface area contributed by atoms with Gasteiger partial charge in [-0.2, -0.15) is 5.26 Å². The van der Waals surface area contributed by atoms with E-state index in [2.05, 4.69) is 5.32 Å². The number of hydrogen-bond acceptors (Lipinski definition) is 5. The maximum Gasteiger partial charge on any atom is 0.256 e. The van der Waals surface area contributed by atoms with Gasteiger partial charge in [-0.05, 0) is 30.5 Å². The zero-order chi connectivity index (χ0) is 16.8. The normalized spacial score (nSPS) is 10.3. The second kappa shape index (κ2) is 7.47. The first kappa shape index (κ1) is 16.6. The van der Waals surface area contributed by atoms with Crippen LogP contribution in [-0.4, -0.2) is 20.1 Å². The molecule has 0 aliphatic heterocycles. The fourth-order valence-electron chi connectivity index (χ4n) is 2.10. The molecule has 0 spiro atoms. The molecule has 0 atom stereocenters. The van der Waals surface area contributed by atoms with Gasteiger partial charge in [0.05, 0.1) is 19.8 Å². The number of allylic oxidation sites excluding steroid dienone is 1. The molecule has 23 heavy (non-hydrogen) atoms.